The zero-order chi connectivity index (χ0) is 22.5. The number of benzene rings is 2. The van der Waals surface area contributed by atoms with Crippen LogP contribution in [0.1, 0.15) is 36.4 Å². The van der Waals surface area contributed by atoms with Gasteiger partial charge in [-0.3, -0.25) is 19.1 Å². The van der Waals surface area contributed by atoms with Crippen molar-refractivity contribution >= 4 is 16.8 Å². The number of hydrogen-bond donors (Lipinski definition) is 1. The molecule has 168 valence electrons. The molecular weight excluding hydrogens is 404 g/mol. The van der Waals surface area contributed by atoms with E-state index in [4.69, 9.17) is 4.74 Å². The van der Waals surface area contributed by atoms with Crippen LogP contribution in [0.2, 0.25) is 0 Å². The van der Waals surface area contributed by atoms with Crippen LogP contribution >= 0.6 is 0 Å². The van der Waals surface area contributed by atoms with Crippen LogP contribution in [0.3, 0.4) is 0 Å². The fraction of sp³-hybridized carbons (Fsp3) is 0.400. The van der Waals surface area contributed by atoms with Crippen LogP contribution in [-0.2, 0) is 11.3 Å². The molecular formula is C25H30N4O3. The van der Waals surface area contributed by atoms with Gasteiger partial charge in [-0.15, -0.1) is 0 Å². The van der Waals surface area contributed by atoms with Crippen LogP contribution < -0.4 is 15.6 Å². The summed E-state index contributed by atoms with van der Waals surface area (Å²) < 4.78 is 6.66. The van der Waals surface area contributed by atoms with Crippen LogP contribution in [-0.4, -0.2) is 47.1 Å². The molecule has 1 amide bonds. The summed E-state index contributed by atoms with van der Waals surface area (Å²) in [6, 6.07) is 13.6. The molecule has 1 saturated heterocycles. The van der Waals surface area contributed by atoms with Gasteiger partial charge in [0.05, 0.1) is 30.4 Å². The Kier molecular flexibility index (Phi) is 6.85. The summed E-state index contributed by atoms with van der Waals surface area (Å²) in [6.07, 6.45) is 5.04. The number of methoxy groups -OCH3 is 1. The van der Waals surface area contributed by atoms with Gasteiger partial charge in [0.2, 0.25) is 5.91 Å². The van der Waals surface area contributed by atoms with E-state index in [1.165, 1.54) is 17.3 Å². The number of amides is 1. The van der Waals surface area contributed by atoms with E-state index in [9.17, 15) is 9.59 Å². The fourth-order valence-corrected chi connectivity index (χ4v) is 4.39. The zero-order valence-electron chi connectivity index (χ0n) is 18.7. The second-order valence-corrected chi connectivity index (χ2v) is 8.34. The quantitative estimate of drug-likeness (QED) is 0.619. The van der Waals surface area contributed by atoms with Crippen molar-refractivity contribution in [2.75, 3.05) is 26.7 Å². The summed E-state index contributed by atoms with van der Waals surface area (Å²) in [5, 5.41) is 3.58. The van der Waals surface area contributed by atoms with Crippen LogP contribution in [0.25, 0.3) is 10.9 Å². The molecule has 0 saturated carbocycles. The number of nitrogens with one attached hydrogen (secondary N) is 1. The predicted octanol–water partition coefficient (Wildman–Crippen LogP) is 3.06. The number of ether oxygens (including phenoxy) is 1. The van der Waals surface area contributed by atoms with Crippen molar-refractivity contribution in [2.24, 2.45) is 0 Å². The van der Waals surface area contributed by atoms with E-state index >= 15 is 0 Å². The molecule has 3 aromatic rings. The molecule has 1 aliphatic heterocycles. The lowest BCUT2D eigenvalue weighted by atomic mass is 10.0. The molecule has 0 spiro atoms. The maximum atomic E-state index is 12.8. The first-order valence-electron chi connectivity index (χ1n) is 11.2. The molecule has 32 heavy (non-hydrogen) atoms. The summed E-state index contributed by atoms with van der Waals surface area (Å²) in [6.45, 7) is 4.39. The number of aryl methyl sites for hydroxylation is 1. The highest BCUT2D eigenvalue weighted by atomic mass is 16.5. The lowest BCUT2D eigenvalue weighted by Gasteiger charge is -2.35. The van der Waals surface area contributed by atoms with Crippen molar-refractivity contribution in [3.8, 4) is 5.75 Å². The standard InChI is InChI=1S/C25H30N4O3/c1-18-7-6-8-21-24(18)27-17-29(25(21)31)16-23(30)26-15-22(28-13-4-3-5-14-28)19-9-11-20(32-2)12-10-19/h6-12,17,22H,3-5,13-16H2,1-2H3,(H,26,30). The van der Waals surface area contributed by atoms with Crippen molar-refractivity contribution < 1.29 is 9.53 Å². The summed E-state index contributed by atoms with van der Waals surface area (Å²) in [5.74, 6) is 0.616. The topological polar surface area (TPSA) is 76.5 Å². The number of rotatable bonds is 7. The van der Waals surface area contributed by atoms with Crippen molar-refractivity contribution in [1.29, 1.82) is 0 Å². The number of likely N-dealkylation sites (tertiary alicyclic amines) is 1. The predicted molar refractivity (Wildman–Crippen MR) is 125 cm³/mol. The third-order valence-corrected chi connectivity index (χ3v) is 6.19. The van der Waals surface area contributed by atoms with E-state index in [0.717, 1.165) is 42.8 Å². The Bertz CT molecular complexity index is 1130. The van der Waals surface area contributed by atoms with Crippen LogP contribution in [0.15, 0.2) is 53.6 Å². The average molecular weight is 435 g/mol. The van der Waals surface area contributed by atoms with E-state index in [1.54, 1.807) is 13.2 Å². The largest absolute Gasteiger partial charge is 0.497 e. The number of carbonyl (C=O) groups excluding carboxylic acids is 1. The van der Waals surface area contributed by atoms with Gasteiger partial charge in [-0.1, -0.05) is 30.7 Å². The number of nitrogens with zero attached hydrogens (tertiary/aromatic N) is 3. The third kappa shape index (κ3) is 4.83. The molecule has 7 heteroatoms. The molecule has 7 nitrogen and oxygen atoms in total. The van der Waals surface area contributed by atoms with Gasteiger partial charge in [-0.2, -0.15) is 0 Å². The number of hydrogen-bond acceptors (Lipinski definition) is 5. The van der Waals surface area contributed by atoms with Crippen molar-refractivity contribution in [1.82, 2.24) is 19.8 Å². The first kappa shape index (κ1) is 22.0. The minimum absolute atomic E-state index is 0.0505. The van der Waals surface area contributed by atoms with Crippen LogP contribution in [0.4, 0.5) is 0 Å². The summed E-state index contributed by atoms with van der Waals surface area (Å²) in [7, 11) is 1.66. The fourth-order valence-electron chi connectivity index (χ4n) is 4.39. The molecule has 2 aromatic carbocycles. The van der Waals surface area contributed by atoms with E-state index in [-0.39, 0.29) is 24.1 Å². The number of fused-ring (bicyclic) bond motifs is 1. The van der Waals surface area contributed by atoms with E-state index < -0.39 is 0 Å². The maximum Gasteiger partial charge on any atom is 0.261 e. The SMILES string of the molecule is COc1ccc(C(CNC(=O)Cn2cnc3c(C)cccc3c2=O)N2CCCCC2)cc1. The second-order valence-electron chi connectivity index (χ2n) is 8.34. The molecule has 1 aromatic heterocycles. The summed E-state index contributed by atoms with van der Waals surface area (Å²) in [5.41, 5.74) is 2.57. The van der Waals surface area contributed by atoms with Gasteiger partial charge >= 0.3 is 0 Å². The highest BCUT2D eigenvalue weighted by Gasteiger charge is 2.23. The van der Waals surface area contributed by atoms with Crippen molar-refractivity contribution in [3.63, 3.8) is 0 Å². The maximum absolute atomic E-state index is 12.8. The number of aromatic nitrogens is 2. The monoisotopic (exact) mass is 434 g/mol. The smallest absolute Gasteiger partial charge is 0.261 e. The molecule has 1 N–H and O–H groups in total. The summed E-state index contributed by atoms with van der Waals surface area (Å²) in [4.78, 5) is 32.4. The minimum atomic E-state index is -0.198. The Morgan fingerprint density at radius 1 is 1.12 bits per heavy atom. The van der Waals surface area contributed by atoms with Gasteiger partial charge in [0.15, 0.2) is 0 Å². The molecule has 1 atom stereocenters. The van der Waals surface area contributed by atoms with E-state index in [2.05, 4.69) is 27.3 Å². The van der Waals surface area contributed by atoms with Gasteiger partial charge in [0.25, 0.3) is 5.56 Å². The Labute approximate surface area is 188 Å². The molecule has 0 radical (unpaired) electrons. The Balaban J connectivity index is 1.47. The van der Waals surface area contributed by atoms with E-state index in [1.807, 2.05) is 31.2 Å². The van der Waals surface area contributed by atoms with Crippen LogP contribution in [0, 0.1) is 6.92 Å². The number of carbonyl (C=O) groups is 1. The average Bonchev–Trinajstić information content (AvgIpc) is 2.82. The first-order valence-corrected chi connectivity index (χ1v) is 11.2. The molecule has 1 unspecified atom stereocenters. The Morgan fingerprint density at radius 3 is 2.59 bits per heavy atom. The molecule has 1 aliphatic rings. The molecule has 0 aliphatic carbocycles. The van der Waals surface area contributed by atoms with E-state index in [0.29, 0.717) is 17.4 Å². The Hall–Kier alpha value is -3.19. The number of piperidine rings is 1. The molecule has 0 bridgehead atoms. The Morgan fingerprint density at radius 2 is 1.88 bits per heavy atom. The normalized spacial score (nSPS) is 15.4. The lowest BCUT2D eigenvalue weighted by molar-refractivity contribution is -0.122. The van der Waals surface area contributed by atoms with Gasteiger partial charge in [0, 0.05) is 6.54 Å². The lowest BCUT2D eigenvalue weighted by Crippen LogP contribution is -2.42. The number of para-hydroxylation sites is 1. The zero-order valence-corrected chi connectivity index (χ0v) is 18.7. The van der Waals surface area contributed by atoms with Crippen LogP contribution in [0.5, 0.6) is 5.75 Å². The summed E-state index contributed by atoms with van der Waals surface area (Å²) >= 11 is 0. The van der Waals surface area contributed by atoms with Crippen molar-refractivity contribution in [3.05, 3.63) is 70.3 Å². The first-order chi connectivity index (χ1) is 15.6. The molecule has 1 fully saturated rings. The minimum Gasteiger partial charge on any atom is -0.497 e. The molecule has 2 heterocycles. The highest BCUT2D eigenvalue weighted by Crippen LogP contribution is 2.26. The van der Waals surface area contributed by atoms with Gasteiger partial charge in [-0.25, -0.2) is 4.98 Å². The van der Waals surface area contributed by atoms with Gasteiger partial charge < -0.3 is 10.1 Å². The highest BCUT2D eigenvalue weighted by molar-refractivity contribution is 5.81. The van der Waals surface area contributed by atoms with Crippen molar-refractivity contribution in [2.45, 2.75) is 38.8 Å². The molecule has 4 rings (SSSR count). The second kappa shape index (κ2) is 9.96. The van der Waals surface area contributed by atoms with Gasteiger partial charge in [-0.05, 0) is 62.2 Å². The third-order valence-electron chi connectivity index (χ3n) is 6.19. The van der Waals surface area contributed by atoms with Gasteiger partial charge in [0.1, 0.15) is 12.3 Å².